The van der Waals surface area contributed by atoms with Gasteiger partial charge in [-0.05, 0) is 17.8 Å². The Bertz CT molecular complexity index is 1230. The Kier molecular flexibility index (Phi) is 5.98. The van der Waals surface area contributed by atoms with Crippen molar-refractivity contribution in [3.8, 4) is 0 Å². The zero-order valence-electron chi connectivity index (χ0n) is 15.0. The number of benzene rings is 1. The fraction of sp³-hybridized carbons (Fsp3) is 0.222. The van der Waals surface area contributed by atoms with E-state index in [0.717, 1.165) is 5.56 Å². The van der Waals surface area contributed by atoms with Crippen LogP contribution < -0.4 is 16.4 Å². The number of rotatable bonds is 7. The molecule has 0 spiro atoms. The molecule has 11 heteroatoms. The van der Waals surface area contributed by atoms with Crippen LogP contribution in [0.3, 0.4) is 0 Å². The average Bonchev–Trinajstić information content (AvgIpc) is 2.66. The van der Waals surface area contributed by atoms with Crippen LogP contribution in [0.1, 0.15) is 17.7 Å². The molecule has 0 bridgehead atoms. The van der Waals surface area contributed by atoms with Crippen molar-refractivity contribution in [3.63, 3.8) is 0 Å². The first-order valence-corrected chi connectivity index (χ1v) is 9.06. The van der Waals surface area contributed by atoms with Crippen LogP contribution in [0.15, 0.2) is 39.9 Å². The third kappa shape index (κ3) is 5.02. The molecule has 150 valence electrons. The van der Waals surface area contributed by atoms with Crippen LogP contribution in [0.4, 0.5) is 0 Å². The first-order chi connectivity index (χ1) is 13.8. The summed E-state index contributed by atoms with van der Waals surface area (Å²) in [7, 11) is 0. The van der Waals surface area contributed by atoms with Crippen LogP contribution in [0, 0.1) is 4.77 Å². The number of carboxylic acids is 1. The molecule has 3 aromatic rings. The predicted molar refractivity (Wildman–Crippen MR) is 106 cm³/mol. The normalized spacial score (nSPS) is 11.9. The highest BCUT2D eigenvalue weighted by Crippen LogP contribution is 2.05. The zero-order chi connectivity index (χ0) is 21.0. The van der Waals surface area contributed by atoms with Gasteiger partial charge in [-0.1, -0.05) is 30.3 Å². The van der Waals surface area contributed by atoms with Gasteiger partial charge in [-0.25, -0.2) is 9.78 Å². The molecule has 0 aliphatic carbocycles. The SMILES string of the molecule is O=C(CCc1nc2c(=O)[nH]c(=S)[nH]c2[nH]c1=O)NC(Cc1ccccc1)C(=O)O. The summed E-state index contributed by atoms with van der Waals surface area (Å²) in [6.45, 7) is 0. The Hall–Kier alpha value is -3.60. The molecule has 0 aliphatic rings. The van der Waals surface area contributed by atoms with Crippen molar-refractivity contribution in [3.05, 3.63) is 67.1 Å². The minimum Gasteiger partial charge on any atom is -0.480 e. The summed E-state index contributed by atoms with van der Waals surface area (Å²) in [6.07, 6.45) is -0.101. The Morgan fingerprint density at radius 1 is 1.10 bits per heavy atom. The van der Waals surface area contributed by atoms with E-state index >= 15 is 0 Å². The van der Waals surface area contributed by atoms with Crippen molar-refractivity contribution >= 4 is 35.3 Å². The van der Waals surface area contributed by atoms with Crippen LogP contribution in [-0.2, 0) is 22.4 Å². The van der Waals surface area contributed by atoms with Crippen LogP contribution in [0.25, 0.3) is 11.2 Å². The van der Waals surface area contributed by atoms with Crippen LogP contribution >= 0.6 is 12.2 Å². The summed E-state index contributed by atoms with van der Waals surface area (Å²) >= 11 is 4.83. The number of aromatic amines is 3. The van der Waals surface area contributed by atoms with Crippen molar-refractivity contribution in [1.29, 1.82) is 0 Å². The number of carboxylic acid groups (broad SMARTS) is 1. The van der Waals surface area contributed by atoms with Gasteiger partial charge in [0.1, 0.15) is 17.4 Å². The second-order valence-electron chi connectivity index (χ2n) is 6.29. The second-order valence-corrected chi connectivity index (χ2v) is 6.70. The number of carbonyl (C=O) groups excluding carboxylic acids is 1. The molecule has 1 aromatic carbocycles. The van der Waals surface area contributed by atoms with Crippen molar-refractivity contribution in [2.75, 3.05) is 0 Å². The van der Waals surface area contributed by atoms with E-state index in [1.54, 1.807) is 24.3 Å². The number of aryl methyl sites for hydroxylation is 1. The van der Waals surface area contributed by atoms with E-state index in [1.165, 1.54) is 0 Å². The number of aliphatic carboxylic acids is 1. The number of fused-ring (bicyclic) bond motifs is 1. The Labute approximate surface area is 168 Å². The van der Waals surface area contributed by atoms with E-state index < -0.39 is 29.0 Å². The molecule has 0 fully saturated rings. The molecule has 3 rings (SSSR count). The van der Waals surface area contributed by atoms with Crippen LogP contribution in [-0.4, -0.2) is 43.0 Å². The summed E-state index contributed by atoms with van der Waals surface area (Å²) in [5.41, 5.74) is -0.338. The topological polar surface area (TPSA) is 161 Å². The maximum atomic E-state index is 12.2. The summed E-state index contributed by atoms with van der Waals surface area (Å²) < 4.78 is 0.0465. The summed E-state index contributed by atoms with van der Waals surface area (Å²) in [5.74, 6) is -1.71. The van der Waals surface area contributed by atoms with E-state index in [2.05, 4.69) is 25.3 Å². The van der Waals surface area contributed by atoms with Crippen molar-refractivity contribution in [1.82, 2.24) is 25.3 Å². The molecule has 29 heavy (non-hydrogen) atoms. The molecule has 1 unspecified atom stereocenters. The summed E-state index contributed by atoms with van der Waals surface area (Å²) in [6, 6.07) is 7.80. The number of hydrogen-bond donors (Lipinski definition) is 5. The van der Waals surface area contributed by atoms with Crippen molar-refractivity contribution < 1.29 is 14.7 Å². The second kappa shape index (κ2) is 8.61. The third-order valence-corrected chi connectivity index (χ3v) is 4.37. The quantitative estimate of drug-likeness (QED) is 0.349. The summed E-state index contributed by atoms with van der Waals surface area (Å²) in [4.78, 5) is 59.2. The number of nitrogens with zero attached hydrogens (tertiary/aromatic N) is 1. The molecule has 1 atom stereocenters. The maximum Gasteiger partial charge on any atom is 0.326 e. The fourth-order valence-electron chi connectivity index (χ4n) is 2.77. The van der Waals surface area contributed by atoms with Gasteiger partial charge in [0.15, 0.2) is 10.3 Å². The van der Waals surface area contributed by atoms with Gasteiger partial charge in [0.05, 0.1) is 0 Å². The lowest BCUT2D eigenvalue weighted by atomic mass is 10.1. The Balaban J connectivity index is 1.70. The highest BCUT2D eigenvalue weighted by atomic mass is 32.1. The molecular formula is C18H17N5O5S. The standard InChI is InChI=1S/C18H17N5O5S/c24-12(19-11(17(27)28)8-9-4-2-1-3-5-9)7-6-10-15(25)21-14-13(20-10)16(26)23-18(29)22-14/h1-5,11H,6-8H2,(H,19,24)(H,27,28)(H3,21,22,23,25,26,29). The first-order valence-electron chi connectivity index (χ1n) is 8.65. The highest BCUT2D eigenvalue weighted by molar-refractivity contribution is 7.71. The van der Waals surface area contributed by atoms with Crippen molar-refractivity contribution in [2.24, 2.45) is 0 Å². The van der Waals surface area contributed by atoms with E-state index in [1.807, 2.05) is 6.07 Å². The molecule has 10 nitrogen and oxygen atoms in total. The van der Waals surface area contributed by atoms with E-state index in [-0.39, 0.29) is 40.9 Å². The number of amides is 1. The number of nitrogens with one attached hydrogen (secondary N) is 4. The van der Waals surface area contributed by atoms with E-state index in [9.17, 15) is 24.3 Å². The molecule has 0 saturated heterocycles. The Morgan fingerprint density at radius 2 is 1.83 bits per heavy atom. The highest BCUT2D eigenvalue weighted by Gasteiger charge is 2.20. The van der Waals surface area contributed by atoms with Gasteiger partial charge in [0, 0.05) is 19.3 Å². The number of carbonyl (C=O) groups is 2. The predicted octanol–water partition coefficient (Wildman–Crippen LogP) is 0.414. The lowest BCUT2D eigenvalue weighted by Gasteiger charge is -2.14. The number of H-pyrrole nitrogens is 3. The van der Waals surface area contributed by atoms with Gasteiger partial charge in [0.25, 0.3) is 11.1 Å². The molecular weight excluding hydrogens is 398 g/mol. The Morgan fingerprint density at radius 3 is 2.52 bits per heavy atom. The summed E-state index contributed by atoms with van der Waals surface area (Å²) in [5, 5.41) is 11.8. The molecule has 0 saturated carbocycles. The zero-order valence-corrected chi connectivity index (χ0v) is 15.8. The smallest absolute Gasteiger partial charge is 0.326 e. The lowest BCUT2D eigenvalue weighted by Crippen LogP contribution is -2.42. The minimum absolute atomic E-state index is 0.0152. The monoisotopic (exact) mass is 415 g/mol. The largest absolute Gasteiger partial charge is 0.480 e. The fourth-order valence-corrected chi connectivity index (χ4v) is 2.96. The number of aromatic nitrogens is 4. The van der Waals surface area contributed by atoms with Crippen molar-refractivity contribution in [2.45, 2.75) is 25.3 Å². The molecule has 2 heterocycles. The maximum absolute atomic E-state index is 12.2. The first kappa shape index (κ1) is 20.1. The third-order valence-electron chi connectivity index (χ3n) is 4.17. The van der Waals surface area contributed by atoms with Gasteiger partial charge in [-0.15, -0.1) is 0 Å². The van der Waals surface area contributed by atoms with Crippen LogP contribution in [0.5, 0.6) is 0 Å². The van der Waals surface area contributed by atoms with Gasteiger partial charge < -0.3 is 20.4 Å². The molecule has 5 N–H and O–H groups in total. The molecule has 0 radical (unpaired) electrons. The average molecular weight is 415 g/mol. The van der Waals surface area contributed by atoms with Gasteiger partial charge >= 0.3 is 5.97 Å². The van der Waals surface area contributed by atoms with Gasteiger partial charge in [-0.2, -0.15) is 0 Å². The molecule has 0 aliphatic heterocycles. The molecule has 2 aromatic heterocycles. The number of hydrogen-bond acceptors (Lipinski definition) is 6. The minimum atomic E-state index is -1.16. The molecule has 1 amide bonds. The van der Waals surface area contributed by atoms with E-state index in [4.69, 9.17) is 12.2 Å². The van der Waals surface area contributed by atoms with Gasteiger partial charge in [-0.3, -0.25) is 19.4 Å². The van der Waals surface area contributed by atoms with Gasteiger partial charge in [0.2, 0.25) is 5.91 Å². The lowest BCUT2D eigenvalue weighted by molar-refractivity contribution is -0.141. The van der Waals surface area contributed by atoms with E-state index in [0.29, 0.717) is 0 Å². The van der Waals surface area contributed by atoms with Crippen LogP contribution in [0.2, 0.25) is 0 Å².